The van der Waals surface area contributed by atoms with Crippen LogP contribution in [-0.4, -0.2) is 12.6 Å². The molecule has 1 N–H and O–H groups in total. The maximum Gasteiger partial charge on any atom is 0.00699 e. The average molecular weight is 223 g/mol. The molecule has 0 radical (unpaired) electrons. The van der Waals surface area contributed by atoms with Crippen LogP contribution in [-0.2, 0) is 0 Å². The number of hydrogen-bond donors (Lipinski definition) is 1. The molecule has 0 aromatic rings. The fourth-order valence-electron chi connectivity index (χ4n) is 3.64. The second kappa shape index (κ2) is 5.53. The van der Waals surface area contributed by atoms with E-state index in [1.807, 2.05) is 0 Å². The molecule has 0 bridgehead atoms. The van der Waals surface area contributed by atoms with Crippen LogP contribution in [0.25, 0.3) is 0 Å². The molecule has 2 fully saturated rings. The third-order valence-corrected chi connectivity index (χ3v) is 4.99. The van der Waals surface area contributed by atoms with Gasteiger partial charge in [-0.25, -0.2) is 0 Å². The molecule has 0 aromatic heterocycles. The minimum absolute atomic E-state index is 0.624. The minimum Gasteiger partial charge on any atom is -0.313 e. The highest BCUT2D eigenvalue weighted by Gasteiger charge is 2.29. The van der Waals surface area contributed by atoms with Gasteiger partial charge < -0.3 is 5.32 Å². The number of rotatable bonds is 4. The van der Waals surface area contributed by atoms with Crippen LogP contribution >= 0.6 is 0 Å². The summed E-state index contributed by atoms with van der Waals surface area (Å²) in [4.78, 5) is 0. The van der Waals surface area contributed by atoms with Crippen molar-refractivity contribution in [2.75, 3.05) is 6.54 Å². The van der Waals surface area contributed by atoms with Crippen LogP contribution in [0.1, 0.15) is 71.6 Å². The first-order chi connectivity index (χ1) is 7.72. The zero-order chi connectivity index (χ0) is 11.4. The summed E-state index contributed by atoms with van der Waals surface area (Å²) in [6.07, 6.45) is 13.0. The Balaban J connectivity index is 1.72. The molecule has 2 saturated carbocycles. The molecule has 0 heterocycles. The summed E-state index contributed by atoms with van der Waals surface area (Å²) in [5.41, 5.74) is 0.624. The molecule has 2 unspecified atom stereocenters. The molecule has 2 aliphatic carbocycles. The summed E-state index contributed by atoms with van der Waals surface area (Å²) in [6.45, 7) is 6.10. The Bertz CT molecular complexity index is 205. The van der Waals surface area contributed by atoms with Gasteiger partial charge in [-0.1, -0.05) is 46.0 Å². The van der Waals surface area contributed by atoms with Crippen LogP contribution in [0.4, 0.5) is 0 Å². The van der Waals surface area contributed by atoms with E-state index in [1.165, 1.54) is 64.3 Å². The van der Waals surface area contributed by atoms with Crippen LogP contribution in [0.5, 0.6) is 0 Å². The van der Waals surface area contributed by atoms with Gasteiger partial charge in [-0.3, -0.25) is 0 Å². The third-order valence-electron chi connectivity index (χ3n) is 4.99. The van der Waals surface area contributed by atoms with E-state index >= 15 is 0 Å². The van der Waals surface area contributed by atoms with Gasteiger partial charge in [0.05, 0.1) is 0 Å². The summed E-state index contributed by atoms with van der Waals surface area (Å²) >= 11 is 0. The van der Waals surface area contributed by atoms with Crippen LogP contribution in [0.3, 0.4) is 0 Å². The lowest BCUT2D eigenvalue weighted by Crippen LogP contribution is -2.39. The third kappa shape index (κ3) is 3.23. The Labute approximate surface area is 101 Å². The Hall–Kier alpha value is -0.0400. The largest absolute Gasteiger partial charge is 0.313 e. The Kier molecular flexibility index (Phi) is 4.29. The molecule has 0 spiro atoms. The molecule has 0 aromatic carbocycles. The van der Waals surface area contributed by atoms with Crippen molar-refractivity contribution in [2.24, 2.45) is 11.3 Å². The fourth-order valence-corrected chi connectivity index (χ4v) is 3.64. The van der Waals surface area contributed by atoms with Crippen molar-refractivity contribution in [1.29, 1.82) is 0 Å². The zero-order valence-electron chi connectivity index (χ0n) is 11.2. The molecule has 0 aliphatic heterocycles. The van der Waals surface area contributed by atoms with E-state index in [1.54, 1.807) is 0 Å². The quantitative estimate of drug-likeness (QED) is 0.756. The first-order valence-corrected chi connectivity index (χ1v) is 7.45. The Morgan fingerprint density at radius 1 is 1.12 bits per heavy atom. The van der Waals surface area contributed by atoms with Gasteiger partial charge in [0.15, 0.2) is 0 Å². The zero-order valence-corrected chi connectivity index (χ0v) is 11.2. The molecule has 1 heteroatoms. The van der Waals surface area contributed by atoms with E-state index in [2.05, 4.69) is 19.2 Å². The molecule has 1 nitrogen and oxygen atoms in total. The molecule has 0 saturated heterocycles. The smallest absolute Gasteiger partial charge is 0.00699 e. The van der Waals surface area contributed by atoms with Gasteiger partial charge in [0.1, 0.15) is 0 Å². The molecule has 2 atom stereocenters. The lowest BCUT2D eigenvalue weighted by molar-refractivity contribution is 0.237. The topological polar surface area (TPSA) is 12.0 Å². The van der Waals surface area contributed by atoms with Gasteiger partial charge >= 0.3 is 0 Å². The van der Waals surface area contributed by atoms with E-state index in [9.17, 15) is 0 Å². The maximum atomic E-state index is 3.87. The highest BCUT2D eigenvalue weighted by molar-refractivity contribution is 4.85. The highest BCUT2D eigenvalue weighted by atomic mass is 14.9. The summed E-state index contributed by atoms with van der Waals surface area (Å²) < 4.78 is 0. The van der Waals surface area contributed by atoms with Crippen molar-refractivity contribution >= 4 is 0 Å². The second-order valence-corrected chi connectivity index (χ2v) is 6.54. The molecule has 16 heavy (non-hydrogen) atoms. The van der Waals surface area contributed by atoms with Crippen molar-refractivity contribution in [3.05, 3.63) is 0 Å². The van der Waals surface area contributed by atoms with Crippen molar-refractivity contribution in [1.82, 2.24) is 5.32 Å². The molecule has 94 valence electrons. The van der Waals surface area contributed by atoms with Gasteiger partial charge in [0, 0.05) is 12.6 Å². The van der Waals surface area contributed by atoms with Crippen LogP contribution < -0.4 is 5.32 Å². The van der Waals surface area contributed by atoms with Gasteiger partial charge in [-0.2, -0.15) is 0 Å². The molecular weight excluding hydrogens is 194 g/mol. The Morgan fingerprint density at radius 2 is 1.88 bits per heavy atom. The van der Waals surface area contributed by atoms with Crippen molar-refractivity contribution in [2.45, 2.75) is 77.7 Å². The van der Waals surface area contributed by atoms with Crippen LogP contribution in [0.2, 0.25) is 0 Å². The first kappa shape index (κ1) is 12.4. The fraction of sp³-hybridized carbons (Fsp3) is 1.00. The summed E-state index contributed by atoms with van der Waals surface area (Å²) in [7, 11) is 0. The maximum absolute atomic E-state index is 3.87. The number of nitrogens with one attached hydrogen (secondary N) is 1. The average Bonchev–Trinajstić information content (AvgIpc) is 2.75. The molecule has 0 amide bonds. The van der Waals surface area contributed by atoms with Gasteiger partial charge in [-0.05, 0) is 37.0 Å². The van der Waals surface area contributed by atoms with E-state index < -0.39 is 0 Å². The van der Waals surface area contributed by atoms with Crippen LogP contribution in [0.15, 0.2) is 0 Å². The van der Waals surface area contributed by atoms with Crippen LogP contribution in [0, 0.1) is 11.3 Å². The van der Waals surface area contributed by atoms with E-state index in [0.29, 0.717) is 5.41 Å². The lowest BCUT2D eigenvalue weighted by atomic mass is 9.83. The number of hydrogen-bond acceptors (Lipinski definition) is 1. The molecule has 2 aliphatic rings. The van der Waals surface area contributed by atoms with Crippen molar-refractivity contribution in [3.63, 3.8) is 0 Å². The Morgan fingerprint density at radius 3 is 2.56 bits per heavy atom. The first-order valence-electron chi connectivity index (χ1n) is 7.45. The van der Waals surface area contributed by atoms with E-state index in [4.69, 9.17) is 0 Å². The van der Waals surface area contributed by atoms with Crippen molar-refractivity contribution in [3.8, 4) is 0 Å². The molecular formula is C15H29N. The SMILES string of the molecule is CCC1CCCC(NCC2(C)CCCC2)C1. The van der Waals surface area contributed by atoms with E-state index in [0.717, 1.165) is 12.0 Å². The highest BCUT2D eigenvalue weighted by Crippen LogP contribution is 2.37. The predicted octanol–water partition coefficient (Wildman–Crippen LogP) is 4.13. The second-order valence-electron chi connectivity index (χ2n) is 6.54. The minimum atomic E-state index is 0.624. The van der Waals surface area contributed by atoms with Gasteiger partial charge in [0.2, 0.25) is 0 Å². The summed E-state index contributed by atoms with van der Waals surface area (Å²) in [6, 6.07) is 0.830. The van der Waals surface area contributed by atoms with Crippen molar-refractivity contribution < 1.29 is 0 Å². The summed E-state index contributed by atoms with van der Waals surface area (Å²) in [5.74, 6) is 1.00. The van der Waals surface area contributed by atoms with E-state index in [-0.39, 0.29) is 0 Å². The van der Waals surface area contributed by atoms with Gasteiger partial charge in [0.25, 0.3) is 0 Å². The van der Waals surface area contributed by atoms with Gasteiger partial charge in [-0.15, -0.1) is 0 Å². The normalized spacial score (nSPS) is 34.1. The summed E-state index contributed by atoms with van der Waals surface area (Å²) in [5, 5.41) is 3.87. The monoisotopic (exact) mass is 223 g/mol. The predicted molar refractivity (Wildman–Crippen MR) is 70.6 cm³/mol. The lowest BCUT2D eigenvalue weighted by Gasteiger charge is -2.33. The standard InChI is InChI=1S/C15H29N/c1-3-13-7-6-8-14(11-13)16-12-15(2)9-4-5-10-15/h13-14,16H,3-12H2,1-2H3. The molecule has 2 rings (SSSR count).